The van der Waals surface area contributed by atoms with Crippen molar-refractivity contribution in [2.75, 3.05) is 19.5 Å². The van der Waals surface area contributed by atoms with Crippen molar-refractivity contribution in [3.05, 3.63) is 73.1 Å². The van der Waals surface area contributed by atoms with Gasteiger partial charge >= 0.3 is 0 Å². The molecule has 34 heavy (non-hydrogen) atoms. The quantitative estimate of drug-likeness (QED) is 0.367. The molecule has 4 rings (SSSR count). The molecule has 0 fully saturated rings. The summed E-state index contributed by atoms with van der Waals surface area (Å²) in [5.41, 5.74) is 3.68. The number of aromatic nitrogens is 4. The zero-order valence-electron chi connectivity index (χ0n) is 18.9. The Morgan fingerprint density at radius 1 is 0.824 bits per heavy atom. The van der Waals surface area contributed by atoms with E-state index >= 15 is 0 Å². The summed E-state index contributed by atoms with van der Waals surface area (Å²) in [4.78, 5) is 21.4. The van der Waals surface area contributed by atoms with Gasteiger partial charge in [0.25, 0.3) is 0 Å². The third kappa shape index (κ3) is 5.49. The van der Waals surface area contributed by atoms with Gasteiger partial charge in [-0.25, -0.2) is 4.98 Å². The number of methoxy groups -OCH3 is 2. The molecule has 1 N–H and O–H groups in total. The monoisotopic (exact) mass is 473 g/mol. The topological polar surface area (TPSA) is 99.1 Å². The molecule has 1 unspecified atom stereocenters. The van der Waals surface area contributed by atoms with Crippen LogP contribution in [0.2, 0.25) is 0 Å². The zero-order chi connectivity index (χ0) is 23.9. The molecule has 2 heterocycles. The fourth-order valence-corrected chi connectivity index (χ4v) is 3.86. The Morgan fingerprint density at radius 3 is 1.94 bits per heavy atom. The maximum Gasteiger partial charge on any atom is 0.237 e. The normalized spacial score (nSPS) is 11.5. The summed E-state index contributed by atoms with van der Waals surface area (Å²) in [7, 11) is 3.24. The average Bonchev–Trinajstić information content (AvgIpc) is 2.89. The molecule has 8 nitrogen and oxygen atoms in total. The van der Waals surface area contributed by atoms with Gasteiger partial charge in [0.2, 0.25) is 11.1 Å². The van der Waals surface area contributed by atoms with Gasteiger partial charge in [0.05, 0.1) is 19.5 Å². The molecule has 0 saturated carbocycles. The van der Waals surface area contributed by atoms with Gasteiger partial charge in [-0.15, -0.1) is 10.2 Å². The second-order valence-electron chi connectivity index (χ2n) is 7.23. The summed E-state index contributed by atoms with van der Waals surface area (Å²) in [6, 6.07) is 18.6. The second kappa shape index (κ2) is 10.8. The van der Waals surface area contributed by atoms with Crippen LogP contribution in [0.4, 0.5) is 5.69 Å². The Hall–Kier alpha value is -3.98. The van der Waals surface area contributed by atoms with E-state index in [1.807, 2.05) is 48.5 Å². The maximum absolute atomic E-state index is 12.6. The van der Waals surface area contributed by atoms with E-state index in [1.54, 1.807) is 45.7 Å². The van der Waals surface area contributed by atoms with E-state index < -0.39 is 5.25 Å². The molecular formula is C25H23N5O3S. The first-order valence-corrected chi connectivity index (χ1v) is 11.4. The number of anilines is 1. The Morgan fingerprint density at radius 2 is 1.38 bits per heavy atom. The third-order valence-electron chi connectivity index (χ3n) is 4.99. The van der Waals surface area contributed by atoms with Crippen LogP contribution >= 0.6 is 11.8 Å². The largest absolute Gasteiger partial charge is 0.497 e. The highest BCUT2D eigenvalue weighted by Crippen LogP contribution is 2.32. The van der Waals surface area contributed by atoms with Crippen LogP contribution in [0.1, 0.15) is 6.92 Å². The molecule has 4 aromatic rings. The van der Waals surface area contributed by atoms with Gasteiger partial charge in [-0.05, 0) is 67.6 Å². The number of hydrogen-bond donors (Lipinski definition) is 1. The first kappa shape index (κ1) is 23.2. The fourth-order valence-electron chi connectivity index (χ4n) is 3.15. The lowest BCUT2D eigenvalue weighted by atomic mass is 10.0. The number of rotatable bonds is 8. The number of carbonyl (C=O) groups is 1. The van der Waals surface area contributed by atoms with E-state index in [2.05, 4.69) is 20.5 Å². The van der Waals surface area contributed by atoms with Gasteiger partial charge in [-0.3, -0.25) is 9.78 Å². The van der Waals surface area contributed by atoms with Crippen molar-refractivity contribution in [3.63, 3.8) is 0 Å². The van der Waals surface area contributed by atoms with Gasteiger partial charge < -0.3 is 14.8 Å². The van der Waals surface area contributed by atoms with Gasteiger partial charge in [0.1, 0.15) is 22.9 Å². The highest BCUT2D eigenvalue weighted by molar-refractivity contribution is 8.00. The summed E-state index contributed by atoms with van der Waals surface area (Å²) in [6.07, 6.45) is 3.25. The molecule has 9 heteroatoms. The van der Waals surface area contributed by atoms with E-state index in [1.165, 1.54) is 11.8 Å². The molecule has 2 aromatic carbocycles. The first-order chi connectivity index (χ1) is 16.6. The summed E-state index contributed by atoms with van der Waals surface area (Å²) in [5, 5.41) is 11.6. The number of ether oxygens (including phenoxy) is 2. The average molecular weight is 474 g/mol. The SMILES string of the molecule is COc1ccc(-c2nnc(SC(C)C(=O)Nc3ccncc3)nc2-c2ccc(OC)cc2)cc1. The van der Waals surface area contributed by atoms with Crippen molar-refractivity contribution in [1.82, 2.24) is 20.2 Å². The molecule has 1 amide bonds. The highest BCUT2D eigenvalue weighted by atomic mass is 32.2. The smallest absolute Gasteiger partial charge is 0.237 e. The number of amides is 1. The predicted molar refractivity (Wildman–Crippen MR) is 132 cm³/mol. The Labute approximate surface area is 201 Å². The van der Waals surface area contributed by atoms with Crippen LogP contribution in [0, 0.1) is 0 Å². The number of benzene rings is 2. The summed E-state index contributed by atoms with van der Waals surface area (Å²) in [6.45, 7) is 1.80. The van der Waals surface area contributed by atoms with Crippen molar-refractivity contribution in [2.24, 2.45) is 0 Å². The minimum Gasteiger partial charge on any atom is -0.497 e. The fraction of sp³-hybridized carbons (Fsp3) is 0.160. The summed E-state index contributed by atoms with van der Waals surface area (Å²) >= 11 is 1.24. The van der Waals surface area contributed by atoms with E-state index in [9.17, 15) is 4.79 Å². The molecule has 2 aromatic heterocycles. The van der Waals surface area contributed by atoms with Crippen LogP contribution in [0.3, 0.4) is 0 Å². The third-order valence-corrected chi connectivity index (χ3v) is 5.94. The van der Waals surface area contributed by atoms with Gasteiger partial charge in [0, 0.05) is 29.2 Å². The Kier molecular flexibility index (Phi) is 7.34. The van der Waals surface area contributed by atoms with E-state index in [0.29, 0.717) is 22.2 Å². The molecule has 0 radical (unpaired) electrons. The van der Waals surface area contributed by atoms with Gasteiger partial charge in [-0.2, -0.15) is 0 Å². The number of nitrogens with zero attached hydrogens (tertiary/aromatic N) is 4. The van der Waals surface area contributed by atoms with E-state index in [-0.39, 0.29) is 5.91 Å². The van der Waals surface area contributed by atoms with Crippen molar-refractivity contribution in [1.29, 1.82) is 0 Å². The molecule has 0 aliphatic heterocycles. The number of carbonyl (C=O) groups excluding carboxylic acids is 1. The van der Waals surface area contributed by atoms with Gasteiger partial charge in [0.15, 0.2) is 0 Å². The van der Waals surface area contributed by atoms with E-state index in [4.69, 9.17) is 14.5 Å². The molecule has 0 aliphatic carbocycles. The van der Waals surface area contributed by atoms with Crippen LogP contribution in [0.25, 0.3) is 22.5 Å². The molecule has 0 spiro atoms. The van der Waals surface area contributed by atoms with Crippen molar-refractivity contribution in [3.8, 4) is 34.0 Å². The number of pyridine rings is 1. The second-order valence-corrected chi connectivity index (χ2v) is 8.54. The van der Waals surface area contributed by atoms with Crippen molar-refractivity contribution in [2.45, 2.75) is 17.3 Å². The zero-order valence-corrected chi connectivity index (χ0v) is 19.7. The number of thioether (sulfide) groups is 1. The van der Waals surface area contributed by atoms with Crippen LogP contribution in [-0.4, -0.2) is 45.5 Å². The first-order valence-electron chi connectivity index (χ1n) is 10.5. The van der Waals surface area contributed by atoms with Gasteiger partial charge in [-0.1, -0.05) is 11.8 Å². The van der Waals surface area contributed by atoms with Crippen LogP contribution in [0.5, 0.6) is 11.5 Å². The molecular weight excluding hydrogens is 450 g/mol. The Bertz CT molecular complexity index is 1250. The molecule has 172 valence electrons. The molecule has 0 saturated heterocycles. The standard InChI is InChI=1S/C25H23N5O3S/c1-16(24(31)27-19-12-14-26-15-13-19)34-25-28-22(17-4-8-20(32-2)9-5-17)23(29-30-25)18-6-10-21(33-3)11-7-18/h4-16H,1-3H3,(H,26,27,31). The molecule has 0 bridgehead atoms. The number of nitrogens with one attached hydrogen (secondary N) is 1. The van der Waals surface area contributed by atoms with Crippen LogP contribution in [0.15, 0.2) is 78.2 Å². The van der Waals surface area contributed by atoms with Crippen molar-refractivity contribution < 1.29 is 14.3 Å². The molecule has 1 atom stereocenters. The maximum atomic E-state index is 12.6. The lowest BCUT2D eigenvalue weighted by molar-refractivity contribution is -0.115. The summed E-state index contributed by atoms with van der Waals surface area (Å²) in [5.74, 6) is 1.33. The van der Waals surface area contributed by atoms with Crippen LogP contribution < -0.4 is 14.8 Å². The minimum atomic E-state index is -0.439. The Balaban J connectivity index is 1.64. The predicted octanol–water partition coefficient (Wildman–Crippen LogP) is 4.74. The molecule has 0 aliphatic rings. The number of hydrogen-bond acceptors (Lipinski definition) is 8. The highest BCUT2D eigenvalue weighted by Gasteiger charge is 2.19. The summed E-state index contributed by atoms with van der Waals surface area (Å²) < 4.78 is 10.5. The lowest BCUT2D eigenvalue weighted by Gasteiger charge is -2.13. The van der Waals surface area contributed by atoms with Crippen LogP contribution in [-0.2, 0) is 4.79 Å². The van der Waals surface area contributed by atoms with Crippen molar-refractivity contribution >= 4 is 23.4 Å². The van der Waals surface area contributed by atoms with E-state index in [0.717, 1.165) is 22.6 Å². The minimum absolute atomic E-state index is 0.162. The lowest BCUT2D eigenvalue weighted by Crippen LogP contribution is -2.22.